The molecule has 2 heterocycles. The van der Waals surface area contributed by atoms with Crippen LogP contribution in [0, 0.1) is 10.1 Å². The maximum absolute atomic E-state index is 11.5. The van der Waals surface area contributed by atoms with E-state index < -0.39 is 16.1 Å². The Balaban J connectivity index is 1.93. The number of para-hydroxylation sites is 2. The van der Waals surface area contributed by atoms with Crippen LogP contribution in [0.25, 0.3) is 6.08 Å². The highest BCUT2D eigenvalue weighted by Gasteiger charge is 2.59. The molecule has 26 heavy (non-hydrogen) atoms. The van der Waals surface area contributed by atoms with Crippen molar-refractivity contribution in [2.45, 2.75) is 25.0 Å². The highest BCUT2D eigenvalue weighted by Crippen LogP contribution is 2.57. The lowest BCUT2D eigenvalue weighted by atomic mass is 9.76. The predicted molar refractivity (Wildman–Crippen MR) is 99.9 cm³/mol. The molecule has 6 heteroatoms. The van der Waals surface area contributed by atoms with Crippen molar-refractivity contribution in [3.63, 3.8) is 0 Å². The lowest BCUT2D eigenvalue weighted by Gasteiger charge is -2.45. The van der Waals surface area contributed by atoms with Crippen molar-refractivity contribution < 1.29 is 14.4 Å². The van der Waals surface area contributed by atoms with Crippen LogP contribution in [0.2, 0.25) is 0 Å². The molecule has 1 unspecified atom stereocenters. The molecule has 0 aromatic heterocycles. The molecule has 0 N–H and O–H groups in total. The van der Waals surface area contributed by atoms with Crippen LogP contribution in [0.1, 0.15) is 25.0 Å². The van der Waals surface area contributed by atoms with E-state index in [4.69, 9.17) is 9.47 Å². The molecule has 0 saturated heterocycles. The molecule has 1 atom stereocenters. The van der Waals surface area contributed by atoms with Gasteiger partial charge in [-0.2, -0.15) is 0 Å². The van der Waals surface area contributed by atoms with Gasteiger partial charge in [-0.05, 0) is 37.6 Å². The van der Waals surface area contributed by atoms with Crippen molar-refractivity contribution in [3.8, 4) is 11.5 Å². The van der Waals surface area contributed by atoms with Crippen molar-refractivity contribution in [3.05, 3.63) is 63.7 Å². The molecule has 0 bridgehead atoms. The average Bonchev–Trinajstić information content (AvgIpc) is 2.80. The number of anilines is 1. The van der Waals surface area contributed by atoms with E-state index in [0.717, 1.165) is 17.0 Å². The van der Waals surface area contributed by atoms with Gasteiger partial charge in [-0.25, -0.2) is 0 Å². The van der Waals surface area contributed by atoms with E-state index in [-0.39, 0.29) is 5.69 Å². The minimum atomic E-state index is -0.886. The molecule has 0 amide bonds. The van der Waals surface area contributed by atoms with Crippen LogP contribution >= 0.6 is 0 Å². The number of nitro benzene ring substituents is 1. The summed E-state index contributed by atoms with van der Waals surface area (Å²) >= 11 is 0. The van der Waals surface area contributed by atoms with Gasteiger partial charge in [0.1, 0.15) is 5.75 Å². The quantitative estimate of drug-likeness (QED) is 0.600. The Bertz CT molecular complexity index is 951. The van der Waals surface area contributed by atoms with E-state index in [1.54, 1.807) is 13.2 Å². The summed E-state index contributed by atoms with van der Waals surface area (Å²) in [6.07, 6.45) is 3.89. The normalized spacial score (nSPS) is 21.9. The largest absolute Gasteiger partial charge is 0.495 e. The van der Waals surface area contributed by atoms with Crippen LogP contribution < -0.4 is 14.4 Å². The second-order valence-electron chi connectivity index (χ2n) is 7.12. The van der Waals surface area contributed by atoms with Gasteiger partial charge in [0.05, 0.1) is 23.1 Å². The molecular weight excluding hydrogens is 332 g/mol. The molecule has 0 saturated carbocycles. The van der Waals surface area contributed by atoms with Crippen LogP contribution in [-0.4, -0.2) is 24.8 Å². The van der Waals surface area contributed by atoms with Gasteiger partial charge in [-0.1, -0.05) is 24.3 Å². The lowest BCUT2D eigenvalue weighted by Crippen LogP contribution is -2.58. The van der Waals surface area contributed by atoms with Crippen molar-refractivity contribution >= 4 is 17.5 Å². The molecule has 2 aromatic rings. The van der Waals surface area contributed by atoms with Gasteiger partial charge in [0, 0.05) is 18.7 Å². The summed E-state index contributed by atoms with van der Waals surface area (Å²) in [4.78, 5) is 13.1. The van der Waals surface area contributed by atoms with Crippen LogP contribution in [0.3, 0.4) is 0 Å². The first-order valence-corrected chi connectivity index (χ1v) is 8.40. The van der Waals surface area contributed by atoms with Crippen LogP contribution in [0.5, 0.6) is 11.5 Å². The second-order valence-corrected chi connectivity index (χ2v) is 7.12. The van der Waals surface area contributed by atoms with Crippen molar-refractivity contribution in [1.82, 2.24) is 0 Å². The lowest BCUT2D eigenvalue weighted by molar-refractivity contribution is -0.386. The Kier molecular flexibility index (Phi) is 3.31. The maximum Gasteiger partial charge on any atom is 0.311 e. The van der Waals surface area contributed by atoms with Gasteiger partial charge in [-0.3, -0.25) is 10.1 Å². The van der Waals surface area contributed by atoms with E-state index >= 15 is 0 Å². The Morgan fingerprint density at radius 1 is 1.19 bits per heavy atom. The average molecular weight is 352 g/mol. The number of hydrogen-bond acceptors (Lipinski definition) is 5. The van der Waals surface area contributed by atoms with Gasteiger partial charge >= 0.3 is 5.69 Å². The van der Waals surface area contributed by atoms with E-state index in [2.05, 4.69) is 19.9 Å². The number of hydrogen-bond donors (Lipinski definition) is 0. The fraction of sp³-hybridized carbons (Fsp3) is 0.300. The summed E-state index contributed by atoms with van der Waals surface area (Å²) in [5.41, 5.74) is 1.35. The van der Waals surface area contributed by atoms with Gasteiger partial charge in [0.25, 0.3) is 0 Å². The Hall–Kier alpha value is -3.02. The van der Waals surface area contributed by atoms with Crippen molar-refractivity contribution in [2.75, 3.05) is 19.1 Å². The zero-order chi connectivity index (χ0) is 18.7. The smallest absolute Gasteiger partial charge is 0.311 e. The van der Waals surface area contributed by atoms with Crippen molar-refractivity contribution in [2.24, 2.45) is 0 Å². The first-order valence-electron chi connectivity index (χ1n) is 8.40. The number of ether oxygens (including phenoxy) is 2. The van der Waals surface area contributed by atoms with E-state index in [0.29, 0.717) is 11.3 Å². The molecule has 0 aliphatic carbocycles. The third kappa shape index (κ3) is 1.87. The van der Waals surface area contributed by atoms with E-state index in [1.807, 2.05) is 42.3 Å². The summed E-state index contributed by atoms with van der Waals surface area (Å²) in [7, 11) is 3.57. The first kappa shape index (κ1) is 16.4. The number of benzene rings is 2. The second kappa shape index (κ2) is 5.24. The number of nitro groups is 1. The fourth-order valence-corrected chi connectivity index (χ4v) is 4.15. The Labute approximate surface area is 151 Å². The monoisotopic (exact) mass is 352 g/mol. The molecule has 2 aromatic carbocycles. The summed E-state index contributed by atoms with van der Waals surface area (Å²) in [6.45, 7) is 4.16. The molecule has 1 spiro atoms. The maximum atomic E-state index is 11.5. The van der Waals surface area contributed by atoms with Gasteiger partial charge < -0.3 is 14.4 Å². The molecule has 2 aliphatic rings. The topological polar surface area (TPSA) is 64.8 Å². The Morgan fingerprint density at radius 3 is 2.62 bits per heavy atom. The zero-order valence-corrected chi connectivity index (χ0v) is 15.1. The van der Waals surface area contributed by atoms with Crippen LogP contribution in [0.15, 0.2) is 42.5 Å². The molecule has 4 rings (SSSR count). The first-order chi connectivity index (χ1) is 12.3. The summed E-state index contributed by atoms with van der Waals surface area (Å²) in [5.74, 6) is 1.05. The molecule has 0 fully saturated rings. The molecule has 2 aliphatic heterocycles. The third-order valence-corrected chi connectivity index (χ3v) is 5.59. The molecule has 6 nitrogen and oxygen atoms in total. The molecule has 134 valence electrons. The minimum Gasteiger partial charge on any atom is -0.495 e. The number of nitrogens with zero attached hydrogens (tertiary/aromatic N) is 2. The van der Waals surface area contributed by atoms with Crippen molar-refractivity contribution in [1.29, 1.82) is 0 Å². The van der Waals surface area contributed by atoms with E-state index in [9.17, 15) is 10.1 Å². The fourth-order valence-electron chi connectivity index (χ4n) is 4.15. The standard InChI is InChI=1S/C20H20N2O4/c1-19(2)14-8-6-10-16(25-4)17(14)21(3)20(19)12-11-13-7-5-9-15(22(23)24)18(13)26-20/h5-12H,1-4H3. The molecule has 0 radical (unpaired) electrons. The number of likely N-dealkylation sites (N-methyl/N-ethyl adjacent to an activating group) is 1. The number of methoxy groups -OCH3 is 1. The van der Waals surface area contributed by atoms with Crippen LogP contribution in [-0.2, 0) is 5.41 Å². The summed E-state index contributed by atoms with van der Waals surface area (Å²) in [6, 6.07) is 10.9. The van der Waals surface area contributed by atoms with E-state index in [1.165, 1.54) is 6.07 Å². The number of rotatable bonds is 2. The SMILES string of the molecule is COc1cccc2c1N(C)C1(C=Cc3cccc([N+](=O)[O-])c3O1)C2(C)C. The zero-order valence-electron chi connectivity index (χ0n) is 15.1. The molecular formula is C20H20N2O4. The highest BCUT2D eigenvalue weighted by molar-refractivity contribution is 5.77. The highest BCUT2D eigenvalue weighted by atomic mass is 16.6. The predicted octanol–water partition coefficient (Wildman–Crippen LogP) is 4.13. The van der Waals surface area contributed by atoms with Gasteiger partial charge in [-0.15, -0.1) is 0 Å². The van der Waals surface area contributed by atoms with Crippen LogP contribution in [0.4, 0.5) is 11.4 Å². The van der Waals surface area contributed by atoms with Gasteiger partial charge in [0.2, 0.25) is 11.5 Å². The number of fused-ring (bicyclic) bond motifs is 2. The Morgan fingerprint density at radius 2 is 1.92 bits per heavy atom. The minimum absolute atomic E-state index is 0.0293. The third-order valence-electron chi connectivity index (χ3n) is 5.59. The summed E-state index contributed by atoms with van der Waals surface area (Å²) < 4.78 is 12.0. The van der Waals surface area contributed by atoms with Gasteiger partial charge in [0.15, 0.2) is 0 Å². The summed E-state index contributed by atoms with van der Waals surface area (Å²) in [5, 5.41) is 11.5.